The second kappa shape index (κ2) is 7.56. The molecule has 2 unspecified atom stereocenters. The Hall–Kier alpha value is -2.60. The van der Waals surface area contributed by atoms with Crippen molar-refractivity contribution in [3.05, 3.63) is 54.5 Å². The molecule has 0 amide bonds. The van der Waals surface area contributed by atoms with Gasteiger partial charge in [-0.3, -0.25) is 4.90 Å². The second-order valence-electron chi connectivity index (χ2n) is 7.24. The van der Waals surface area contributed by atoms with E-state index in [9.17, 15) is 0 Å². The Bertz CT molecular complexity index is 886. The van der Waals surface area contributed by atoms with Gasteiger partial charge in [0.1, 0.15) is 11.6 Å². The molecule has 0 saturated carbocycles. The van der Waals surface area contributed by atoms with Crippen LogP contribution in [-0.4, -0.2) is 38.1 Å². The molecule has 0 bridgehead atoms. The van der Waals surface area contributed by atoms with E-state index in [1.165, 1.54) is 0 Å². The largest absolute Gasteiger partial charge is 0.496 e. The first kappa shape index (κ1) is 17.8. The maximum Gasteiger partial charge on any atom is 0.128 e. The summed E-state index contributed by atoms with van der Waals surface area (Å²) in [6.45, 7) is 7.34. The molecular formula is C21H27N5O. The van der Waals surface area contributed by atoms with E-state index in [2.05, 4.69) is 45.5 Å². The molecule has 1 N–H and O–H groups in total. The molecule has 0 saturated heterocycles. The lowest BCUT2D eigenvalue weighted by molar-refractivity contribution is 0.0980. The summed E-state index contributed by atoms with van der Waals surface area (Å²) in [5.41, 5.74) is 3.11. The molecule has 3 heterocycles. The third-order valence-corrected chi connectivity index (χ3v) is 5.58. The number of hydrogen-bond donors (Lipinski definition) is 1. The fourth-order valence-electron chi connectivity index (χ4n) is 3.97. The number of H-pyrrole nitrogens is 1. The lowest BCUT2D eigenvalue weighted by atomic mass is 9.95. The van der Waals surface area contributed by atoms with Crippen LogP contribution in [0.15, 0.2) is 43.0 Å². The van der Waals surface area contributed by atoms with Crippen LogP contribution in [0.25, 0.3) is 11.3 Å². The normalized spacial score (nSPS) is 18.3. The van der Waals surface area contributed by atoms with E-state index in [1.54, 1.807) is 13.4 Å². The number of ether oxygens (including phenoxy) is 1. The first-order valence-corrected chi connectivity index (χ1v) is 9.63. The van der Waals surface area contributed by atoms with Crippen LogP contribution in [0.3, 0.4) is 0 Å². The summed E-state index contributed by atoms with van der Waals surface area (Å²) in [4.78, 5) is 15.1. The standard InChI is InChI=1S/C21H27N5O/c1-4-15(2)20-21-24-18(17-7-5-6-8-19(17)27-3)13-26(21)10-9-25(20)12-16-11-22-14-23-16/h5-8,11,13-15,20H,4,9-10,12H2,1-3H3,(H,22,23). The summed E-state index contributed by atoms with van der Waals surface area (Å²) in [6, 6.07) is 8.37. The van der Waals surface area contributed by atoms with Crippen molar-refractivity contribution in [2.75, 3.05) is 13.7 Å². The number of aromatic amines is 1. The first-order valence-electron chi connectivity index (χ1n) is 9.63. The Kier molecular flexibility index (Phi) is 4.99. The van der Waals surface area contributed by atoms with Gasteiger partial charge in [0.15, 0.2) is 0 Å². The Labute approximate surface area is 160 Å². The number of rotatable bonds is 6. The molecule has 6 nitrogen and oxygen atoms in total. The molecule has 0 fully saturated rings. The minimum absolute atomic E-state index is 0.281. The van der Waals surface area contributed by atoms with E-state index in [0.717, 1.165) is 54.6 Å². The van der Waals surface area contributed by atoms with Crippen LogP contribution in [0.1, 0.15) is 37.8 Å². The van der Waals surface area contributed by atoms with E-state index < -0.39 is 0 Å². The fourth-order valence-corrected chi connectivity index (χ4v) is 3.97. The van der Waals surface area contributed by atoms with Crippen LogP contribution in [0, 0.1) is 5.92 Å². The Balaban J connectivity index is 1.71. The van der Waals surface area contributed by atoms with Gasteiger partial charge in [-0.2, -0.15) is 0 Å². The predicted molar refractivity (Wildman–Crippen MR) is 105 cm³/mol. The third kappa shape index (κ3) is 3.37. The molecule has 0 spiro atoms. The smallest absolute Gasteiger partial charge is 0.128 e. The molecule has 6 heteroatoms. The van der Waals surface area contributed by atoms with Crippen LogP contribution < -0.4 is 4.74 Å². The number of imidazole rings is 2. The third-order valence-electron chi connectivity index (χ3n) is 5.58. The predicted octanol–water partition coefficient (Wildman–Crippen LogP) is 3.88. The van der Waals surface area contributed by atoms with E-state index in [1.807, 2.05) is 24.4 Å². The Morgan fingerprint density at radius 3 is 2.89 bits per heavy atom. The van der Waals surface area contributed by atoms with Gasteiger partial charge in [0.2, 0.25) is 0 Å². The van der Waals surface area contributed by atoms with E-state index in [0.29, 0.717) is 5.92 Å². The zero-order chi connectivity index (χ0) is 18.8. The molecule has 2 atom stereocenters. The Morgan fingerprint density at radius 2 is 2.15 bits per heavy atom. The van der Waals surface area contributed by atoms with Gasteiger partial charge in [-0.05, 0) is 18.1 Å². The van der Waals surface area contributed by atoms with Crippen molar-refractivity contribution in [1.82, 2.24) is 24.4 Å². The number of para-hydroxylation sites is 1. The van der Waals surface area contributed by atoms with Crippen molar-refractivity contribution in [1.29, 1.82) is 0 Å². The van der Waals surface area contributed by atoms with Gasteiger partial charge in [-0.1, -0.05) is 32.4 Å². The van der Waals surface area contributed by atoms with Crippen molar-refractivity contribution >= 4 is 0 Å². The van der Waals surface area contributed by atoms with E-state index in [-0.39, 0.29) is 6.04 Å². The number of aromatic nitrogens is 4. The second-order valence-corrected chi connectivity index (χ2v) is 7.24. The van der Waals surface area contributed by atoms with Gasteiger partial charge in [0, 0.05) is 37.6 Å². The minimum Gasteiger partial charge on any atom is -0.496 e. The maximum atomic E-state index is 5.55. The van der Waals surface area contributed by atoms with Crippen molar-refractivity contribution in [3.63, 3.8) is 0 Å². The maximum absolute atomic E-state index is 5.55. The molecule has 1 aliphatic rings. The van der Waals surface area contributed by atoms with Crippen molar-refractivity contribution < 1.29 is 4.74 Å². The molecule has 142 valence electrons. The summed E-state index contributed by atoms with van der Waals surface area (Å²) in [7, 11) is 1.71. The van der Waals surface area contributed by atoms with Crippen LogP contribution in [0.2, 0.25) is 0 Å². The number of hydrogen-bond acceptors (Lipinski definition) is 4. The van der Waals surface area contributed by atoms with Gasteiger partial charge in [0.25, 0.3) is 0 Å². The van der Waals surface area contributed by atoms with Crippen LogP contribution in [0.5, 0.6) is 5.75 Å². The zero-order valence-corrected chi connectivity index (χ0v) is 16.2. The molecular weight excluding hydrogens is 338 g/mol. The van der Waals surface area contributed by atoms with Gasteiger partial charge in [0.05, 0.1) is 30.9 Å². The number of fused-ring (bicyclic) bond motifs is 1. The molecule has 1 aliphatic heterocycles. The first-order chi connectivity index (χ1) is 13.2. The highest BCUT2D eigenvalue weighted by Crippen LogP contribution is 2.37. The summed E-state index contributed by atoms with van der Waals surface area (Å²) < 4.78 is 7.87. The summed E-state index contributed by atoms with van der Waals surface area (Å²) in [5.74, 6) is 2.52. The monoisotopic (exact) mass is 365 g/mol. The molecule has 0 radical (unpaired) electrons. The van der Waals surface area contributed by atoms with Crippen LogP contribution in [-0.2, 0) is 13.1 Å². The Morgan fingerprint density at radius 1 is 1.30 bits per heavy atom. The molecule has 0 aliphatic carbocycles. The topological polar surface area (TPSA) is 59.0 Å². The number of nitrogens with one attached hydrogen (secondary N) is 1. The van der Waals surface area contributed by atoms with E-state index >= 15 is 0 Å². The highest BCUT2D eigenvalue weighted by Gasteiger charge is 2.33. The number of nitrogens with zero attached hydrogens (tertiary/aromatic N) is 4. The summed E-state index contributed by atoms with van der Waals surface area (Å²) in [5, 5.41) is 0. The average molecular weight is 365 g/mol. The van der Waals surface area contributed by atoms with Crippen molar-refractivity contribution in [2.45, 2.75) is 39.4 Å². The lowest BCUT2D eigenvalue weighted by Gasteiger charge is -2.38. The minimum atomic E-state index is 0.281. The fraction of sp³-hybridized carbons (Fsp3) is 0.429. The van der Waals surface area contributed by atoms with Crippen LogP contribution in [0.4, 0.5) is 0 Å². The quantitative estimate of drug-likeness (QED) is 0.720. The SMILES string of the molecule is CCC(C)C1c2nc(-c3ccccc3OC)cn2CCN1Cc1c[nH]cn1. The highest BCUT2D eigenvalue weighted by atomic mass is 16.5. The molecule has 4 rings (SSSR count). The molecule has 2 aromatic heterocycles. The van der Waals surface area contributed by atoms with Gasteiger partial charge in [-0.15, -0.1) is 0 Å². The summed E-state index contributed by atoms with van der Waals surface area (Å²) >= 11 is 0. The van der Waals surface area contributed by atoms with E-state index in [4.69, 9.17) is 9.72 Å². The highest BCUT2D eigenvalue weighted by molar-refractivity contribution is 5.66. The number of methoxy groups -OCH3 is 1. The van der Waals surface area contributed by atoms with Gasteiger partial charge >= 0.3 is 0 Å². The van der Waals surface area contributed by atoms with Gasteiger partial charge < -0.3 is 14.3 Å². The van der Waals surface area contributed by atoms with Crippen molar-refractivity contribution in [2.24, 2.45) is 5.92 Å². The zero-order valence-electron chi connectivity index (χ0n) is 16.2. The number of benzene rings is 1. The van der Waals surface area contributed by atoms with Gasteiger partial charge in [-0.25, -0.2) is 9.97 Å². The average Bonchev–Trinajstić information content (AvgIpc) is 3.36. The molecule has 1 aromatic carbocycles. The van der Waals surface area contributed by atoms with Crippen molar-refractivity contribution in [3.8, 4) is 17.0 Å². The molecule has 3 aromatic rings. The van der Waals surface area contributed by atoms with Crippen LogP contribution >= 0.6 is 0 Å². The lowest BCUT2D eigenvalue weighted by Crippen LogP contribution is -2.40. The molecule has 27 heavy (non-hydrogen) atoms. The summed E-state index contributed by atoms with van der Waals surface area (Å²) in [6.07, 6.45) is 7.01.